The van der Waals surface area contributed by atoms with Crippen LogP contribution in [0.1, 0.15) is 95.6 Å². The number of rotatable bonds is 10. The molecule has 228 valence electrons. The lowest BCUT2D eigenvalue weighted by atomic mass is 9.88. The van der Waals surface area contributed by atoms with Crippen LogP contribution in [0.25, 0.3) is 0 Å². The molecule has 2 aromatic carbocycles. The van der Waals surface area contributed by atoms with Crippen LogP contribution in [0.15, 0.2) is 36.1 Å². The van der Waals surface area contributed by atoms with Gasteiger partial charge in [-0.2, -0.15) is 8.78 Å². The predicted octanol–water partition coefficient (Wildman–Crippen LogP) is 8.30. The van der Waals surface area contributed by atoms with E-state index in [0.29, 0.717) is 44.5 Å². The molecule has 2 aliphatic heterocycles. The molecule has 5 nitrogen and oxygen atoms in total. The summed E-state index contributed by atoms with van der Waals surface area (Å²) < 4.78 is 77.1. The minimum Gasteiger partial charge on any atom is -0.498 e. The van der Waals surface area contributed by atoms with E-state index in [2.05, 4.69) is 6.92 Å². The van der Waals surface area contributed by atoms with E-state index in [1.807, 2.05) is 13.0 Å². The summed E-state index contributed by atoms with van der Waals surface area (Å²) in [5, 5.41) is 10.2. The number of benzene rings is 2. The summed E-state index contributed by atoms with van der Waals surface area (Å²) in [6.07, 6.45) is 6.94. The molecule has 2 aliphatic rings. The summed E-state index contributed by atoms with van der Waals surface area (Å²) in [6.45, 7) is 8.69. The summed E-state index contributed by atoms with van der Waals surface area (Å²) in [5.74, 6) is -4.22. The number of ether oxygens (including phenoxy) is 4. The van der Waals surface area contributed by atoms with Gasteiger partial charge in [0.1, 0.15) is 0 Å². The number of allylic oxidation sites excluding steroid dienone is 2. The molecule has 1 N–H and O–H groups in total. The third-order valence-electron chi connectivity index (χ3n) is 7.31. The third-order valence-corrected chi connectivity index (χ3v) is 7.31. The highest BCUT2D eigenvalue weighted by atomic mass is 19.2. The van der Waals surface area contributed by atoms with Crippen molar-refractivity contribution >= 4 is 0 Å². The van der Waals surface area contributed by atoms with Crippen LogP contribution in [0.3, 0.4) is 0 Å². The van der Waals surface area contributed by atoms with Crippen molar-refractivity contribution in [3.63, 3.8) is 0 Å². The molecule has 2 aromatic rings. The van der Waals surface area contributed by atoms with E-state index in [9.17, 15) is 22.7 Å². The Morgan fingerprint density at radius 3 is 1.83 bits per heavy atom. The summed E-state index contributed by atoms with van der Waals surface area (Å²) in [5.41, 5.74) is 0.646. The molecule has 41 heavy (non-hydrogen) atoms. The monoisotopic (exact) mass is 582 g/mol. The van der Waals surface area contributed by atoms with E-state index < -0.39 is 29.1 Å². The van der Waals surface area contributed by atoms with Gasteiger partial charge in [0.2, 0.25) is 11.6 Å². The van der Waals surface area contributed by atoms with Gasteiger partial charge in [-0.25, -0.2) is 8.78 Å². The maximum Gasteiger partial charge on any atom is 0.200 e. The molecule has 3 atom stereocenters. The van der Waals surface area contributed by atoms with Crippen molar-refractivity contribution in [1.82, 2.24) is 0 Å². The first-order valence-corrected chi connectivity index (χ1v) is 14.6. The second kappa shape index (κ2) is 15.4. The first-order valence-electron chi connectivity index (χ1n) is 14.6. The predicted molar refractivity (Wildman–Crippen MR) is 149 cm³/mol. The Hall–Kier alpha value is -2.78. The molecule has 3 unspecified atom stereocenters. The minimum absolute atomic E-state index is 0.0345. The van der Waals surface area contributed by atoms with Crippen molar-refractivity contribution in [3.05, 3.63) is 70.5 Å². The zero-order chi connectivity index (χ0) is 30.0. The Kier molecular flexibility index (Phi) is 12.3. The van der Waals surface area contributed by atoms with Crippen molar-refractivity contribution in [2.24, 2.45) is 0 Å². The van der Waals surface area contributed by atoms with Gasteiger partial charge in [-0.1, -0.05) is 32.4 Å². The Bertz CT molecular complexity index is 1160. The Morgan fingerprint density at radius 1 is 0.805 bits per heavy atom. The fourth-order valence-electron chi connectivity index (χ4n) is 5.15. The number of hydrogen-bond acceptors (Lipinski definition) is 5. The molecule has 0 saturated carbocycles. The molecule has 1 saturated heterocycles. The Labute approximate surface area is 240 Å². The van der Waals surface area contributed by atoms with Crippen LogP contribution in [0.2, 0.25) is 0 Å². The van der Waals surface area contributed by atoms with Gasteiger partial charge in [0.15, 0.2) is 28.9 Å². The van der Waals surface area contributed by atoms with Gasteiger partial charge in [0.25, 0.3) is 0 Å². The van der Waals surface area contributed by atoms with Crippen LogP contribution in [-0.2, 0) is 9.47 Å². The highest BCUT2D eigenvalue weighted by molar-refractivity contribution is 5.34. The van der Waals surface area contributed by atoms with E-state index in [1.165, 1.54) is 12.1 Å². The maximum atomic E-state index is 14.1. The first-order chi connectivity index (χ1) is 19.7. The van der Waals surface area contributed by atoms with E-state index >= 15 is 0 Å². The quantitative estimate of drug-likeness (QED) is 0.286. The van der Waals surface area contributed by atoms with Crippen LogP contribution < -0.4 is 9.47 Å². The summed E-state index contributed by atoms with van der Waals surface area (Å²) in [4.78, 5) is 0. The smallest absolute Gasteiger partial charge is 0.200 e. The minimum atomic E-state index is -1.12. The first kappa shape index (κ1) is 32.7. The molecule has 2 heterocycles. The number of aliphatic hydroxyl groups is 1. The van der Waals surface area contributed by atoms with Crippen LogP contribution >= 0.6 is 0 Å². The summed E-state index contributed by atoms with van der Waals surface area (Å²) in [7, 11) is 0. The van der Waals surface area contributed by atoms with Crippen molar-refractivity contribution < 1.29 is 41.6 Å². The fraction of sp³-hybridized carbons (Fsp3) is 0.562. The van der Waals surface area contributed by atoms with Gasteiger partial charge in [-0.15, -0.1) is 0 Å². The third kappa shape index (κ3) is 8.38. The zero-order valence-corrected chi connectivity index (χ0v) is 24.4. The van der Waals surface area contributed by atoms with Crippen molar-refractivity contribution in [3.8, 4) is 11.5 Å². The van der Waals surface area contributed by atoms with Crippen LogP contribution in [0.5, 0.6) is 11.5 Å². The topological polar surface area (TPSA) is 57.2 Å². The maximum absolute atomic E-state index is 14.1. The van der Waals surface area contributed by atoms with Gasteiger partial charge in [-0.05, 0) is 62.4 Å². The van der Waals surface area contributed by atoms with E-state index in [0.717, 1.165) is 25.0 Å². The van der Waals surface area contributed by atoms with Crippen molar-refractivity contribution in [1.29, 1.82) is 0 Å². The average Bonchev–Trinajstić information content (AvgIpc) is 2.96. The van der Waals surface area contributed by atoms with E-state index in [1.54, 1.807) is 26.0 Å². The SMILES string of the molecule is CCCC1(O)CCC(c2ccc(OCC)c(F)c2F)CO1.CCCC1=CCC(c2ccc(OCC)c(F)c2F)CO1. The largest absolute Gasteiger partial charge is 0.498 e. The fourth-order valence-corrected chi connectivity index (χ4v) is 5.15. The van der Waals surface area contributed by atoms with Gasteiger partial charge in [0.05, 0.1) is 32.2 Å². The summed E-state index contributed by atoms with van der Waals surface area (Å²) >= 11 is 0. The Morgan fingerprint density at radius 2 is 1.39 bits per heavy atom. The Balaban J connectivity index is 0.000000226. The molecule has 0 aromatic heterocycles. The van der Waals surface area contributed by atoms with Crippen LogP contribution in [0, 0.1) is 23.3 Å². The molecule has 0 bridgehead atoms. The molecular weight excluding hydrogens is 540 g/mol. The molecule has 0 spiro atoms. The van der Waals surface area contributed by atoms with E-state index in [-0.39, 0.29) is 42.1 Å². The van der Waals surface area contributed by atoms with Crippen molar-refractivity contribution in [2.45, 2.75) is 90.3 Å². The van der Waals surface area contributed by atoms with Gasteiger partial charge in [0, 0.05) is 31.1 Å². The number of hydrogen-bond donors (Lipinski definition) is 1. The molecule has 0 radical (unpaired) electrons. The van der Waals surface area contributed by atoms with Gasteiger partial charge in [-0.3, -0.25) is 0 Å². The lowest BCUT2D eigenvalue weighted by Crippen LogP contribution is -2.38. The van der Waals surface area contributed by atoms with Gasteiger partial charge >= 0.3 is 0 Å². The lowest BCUT2D eigenvalue weighted by molar-refractivity contribution is -0.232. The summed E-state index contributed by atoms with van der Waals surface area (Å²) in [6, 6.07) is 6.07. The molecule has 0 aliphatic carbocycles. The highest BCUT2D eigenvalue weighted by Crippen LogP contribution is 2.37. The standard InChI is InChI=1S/C16H22F2O3.C16H20F2O2/c1-3-8-16(19)9-7-11(10-21-16)12-5-6-13(20-4-2)15(18)14(12)17;1-3-5-12-7-6-11(10-20-12)13-8-9-14(19-4-2)16(18)15(13)17/h5-6,11,19H,3-4,7-10H2,1-2H3;7-9,11H,3-6,10H2,1-2H3. The number of halogens is 4. The second-order valence-electron chi connectivity index (χ2n) is 10.3. The molecule has 1 fully saturated rings. The van der Waals surface area contributed by atoms with Crippen LogP contribution in [-0.4, -0.2) is 37.3 Å². The van der Waals surface area contributed by atoms with Gasteiger partial charge < -0.3 is 24.1 Å². The van der Waals surface area contributed by atoms with Crippen molar-refractivity contribution in [2.75, 3.05) is 26.4 Å². The zero-order valence-electron chi connectivity index (χ0n) is 24.4. The molecule has 0 amide bonds. The van der Waals surface area contributed by atoms with E-state index in [4.69, 9.17) is 18.9 Å². The van der Waals surface area contributed by atoms with Crippen LogP contribution in [0.4, 0.5) is 17.6 Å². The average molecular weight is 583 g/mol. The normalized spacial score (nSPS) is 22.2. The highest BCUT2D eigenvalue weighted by Gasteiger charge is 2.35. The molecular formula is C32H42F4O5. The lowest BCUT2D eigenvalue weighted by Gasteiger charge is -2.36. The molecule has 4 rings (SSSR count). The second-order valence-corrected chi connectivity index (χ2v) is 10.3. The molecule has 9 heteroatoms.